The maximum absolute atomic E-state index is 12.1. The average molecular weight is 336 g/mol. The van der Waals surface area contributed by atoms with Gasteiger partial charge in [0.2, 0.25) is 0 Å². The van der Waals surface area contributed by atoms with Gasteiger partial charge >= 0.3 is 0 Å². The van der Waals surface area contributed by atoms with Crippen molar-refractivity contribution in [1.82, 2.24) is 14.9 Å². The van der Waals surface area contributed by atoms with Crippen LogP contribution in [0.1, 0.15) is 22.6 Å². The largest absolute Gasteiger partial charge is 0.503 e. The molecule has 0 spiro atoms. The lowest BCUT2D eigenvalue weighted by atomic mass is 10.1. The van der Waals surface area contributed by atoms with E-state index in [4.69, 9.17) is 16.3 Å². The number of aromatic hydroxyl groups is 1. The summed E-state index contributed by atoms with van der Waals surface area (Å²) in [5, 5.41) is 10.1. The second kappa shape index (κ2) is 6.22. The molecule has 1 aromatic heterocycles. The smallest absolute Gasteiger partial charge is 0.255 e. The molecule has 0 aliphatic carbocycles. The van der Waals surface area contributed by atoms with Gasteiger partial charge in [-0.05, 0) is 24.6 Å². The topological polar surface area (TPSA) is 78.5 Å². The fourth-order valence-electron chi connectivity index (χ4n) is 2.87. The molecule has 0 unspecified atom stereocenters. The second-order valence-electron chi connectivity index (χ2n) is 5.67. The lowest BCUT2D eigenvalue weighted by Gasteiger charge is -2.27. The summed E-state index contributed by atoms with van der Waals surface area (Å²) in [6.45, 7) is 3.75. The van der Waals surface area contributed by atoms with E-state index >= 15 is 0 Å². The molecule has 2 heterocycles. The molecule has 1 aliphatic rings. The molecule has 6 nitrogen and oxygen atoms in total. The number of hydrogen-bond donors (Lipinski definition) is 2. The van der Waals surface area contributed by atoms with Crippen LogP contribution in [0.4, 0.5) is 0 Å². The minimum Gasteiger partial charge on any atom is -0.503 e. The van der Waals surface area contributed by atoms with Crippen molar-refractivity contribution in [3.8, 4) is 11.5 Å². The van der Waals surface area contributed by atoms with Gasteiger partial charge in [-0.25, -0.2) is 4.98 Å². The van der Waals surface area contributed by atoms with Crippen molar-refractivity contribution in [2.45, 2.75) is 26.4 Å². The highest BCUT2D eigenvalue weighted by Gasteiger charge is 2.21. The summed E-state index contributed by atoms with van der Waals surface area (Å²) in [5.74, 6) is 0.940. The van der Waals surface area contributed by atoms with Crippen LogP contribution >= 0.6 is 11.6 Å². The molecule has 1 aliphatic heterocycles. The van der Waals surface area contributed by atoms with Crippen molar-refractivity contribution in [3.05, 3.63) is 50.2 Å². The van der Waals surface area contributed by atoms with Gasteiger partial charge in [-0.1, -0.05) is 11.6 Å². The van der Waals surface area contributed by atoms with E-state index in [0.717, 1.165) is 29.8 Å². The van der Waals surface area contributed by atoms with Crippen molar-refractivity contribution in [2.24, 2.45) is 0 Å². The minimum absolute atomic E-state index is 0.0574. The molecule has 2 N–H and O–H groups in total. The molecule has 0 atom stereocenters. The Morgan fingerprint density at radius 3 is 3.00 bits per heavy atom. The normalized spacial score (nSPS) is 14.6. The predicted molar refractivity (Wildman–Crippen MR) is 87.1 cm³/mol. The number of nitrogens with zero attached hydrogens (tertiary/aromatic N) is 2. The zero-order chi connectivity index (χ0) is 16.6. The maximum Gasteiger partial charge on any atom is 0.255 e. The summed E-state index contributed by atoms with van der Waals surface area (Å²) in [4.78, 5) is 21.4. The molecule has 1 aromatic carbocycles. The van der Waals surface area contributed by atoms with Crippen molar-refractivity contribution in [2.75, 3.05) is 13.7 Å². The molecule has 3 rings (SSSR count). The van der Waals surface area contributed by atoms with E-state index in [0.29, 0.717) is 24.7 Å². The Bertz CT molecular complexity index is 804. The standard InChI is InChI=1S/C16H18ClN3O3/c1-9-18-13-3-4-20(8-11(13)16(22)19-9)7-10-5-12(17)15(21)14(6-10)23-2/h5-6,21H,3-4,7-8H2,1-2H3,(H,18,19,22). The van der Waals surface area contributed by atoms with E-state index < -0.39 is 0 Å². The number of aryl methyl sites for hydroxylation is 1. The Morgan fingerprint density at radius 1 is 1.48 bits per heavy atom. The predicted octanol–water partition coefficient (Wildman–Crippen LogP) is 2.00. The highest BCUT2D eigenvalue weighted by Crippen LogP contribution is 2.35. The molecular formula is C16H18ClN3O3. The third kappa shape index (κ3) is 3.18. The molecular weight excluding hydrogens is 318 g/mol. The van der Waals surface area contributed by atoms with Gasteiger partial charge in [-0.2, -0.15) is 0 Å². The van der Waals surface area contributed by atoms with Gasteiger partial charge < -0.3 is 14.8 Å². The molecule has 0 radical (unpaired) electrons. The van der Waals surface area contributed by atoms with E-state index in [1.165, 1.54) is 7.11 Å². The van der Waals surface area contributed by atoms with Crippen LogP contribution in [0, 0.1) is 6.92 Å². The molecule has 122 valence electrons. The van der Waals surface area contributed by atoms with E-state index in [9.17, 15) is 9.90 Å². The van der Waals surface area contributed by atoms with Gasteiger partial charge in [-0.3, -0.25) is 9.69 Å². The van der Waals surface area contributed by atoms with Crippen molar-refractivity contribution >= 4 is 11.6 Å². The van der Waals surface area contributed by atoms with Crippen molar-refractivity contribution in [3.63, 3.8) is 0 Å². The molecule has 2 aromatic rings. The third-order valence-electron chi connectivity index (χ3n) is 3.98. The van der Waals surface area contributed by atoms with E-state index in [1.807, 2.05) is 0 Å². The van der Waals surface area contributed by atoms with Crippen LogP contribution in [0.5, 0.6) is 11.5 Å². The van der Waals surface area contributed by atoms with Crippen molar-refractivity contribution in [1.29, 1.82) is 0 Å². The van der Waals surface area contributed by atoms with Crippen LogP contribution in [0.15, 0.2) is 16.9 Å². The molecule has 0 bridgehead atoms. The van der Waals surface area contributed by atoms with Crippen LogP contribution in [0.2, 0.25) is 5.02 Å². The second-order valence-corrected chi connectivity index (χ2v) is 6.07. The first kappa shape index (κ1) is 15.8. The summed E-state index contributed by atoms with van der Waals surface area (Å²) in [5.41, 5.74) is 2.45. The number of halogens is 1. The Hall–Kier alpha value is -2.05. The SMILES string of the molecule is COc1cc(CN2CCc3nc(C)[nH]c(=O)c3C2)cc(Cl)c1O. The summed E-state index contributed by atoms with van der Waals surface area (Å²) in [6.07, 6.45) is 0.739. The van der Waals surface area contributed by atoms with Crippen molar-refractivity contribution < 1.29 is 9.84 Å². The first-order valence-electron chi connectivity index (χ1n) is 7.34. The van der Waals surface area contributed by atoms with E-state index in [1.54, 1.807) is 19.1 Å². The van der Waals surface area contributed by atoms with Crippen LogP contribution < -0.4 is 10.3 Å². The number of benzene rings is 1. The Morgan fingerprint density at radius 2 is 2.26 bits per heavy atom. The number of methoxy groups -OCH3 is 1. The van der Waals surface area contributed by atoms with Crippen LogP contribution in [0.25, 0.3) is 0 Å². The zero-order valence-electron chi connectivity index (χ0n) is 13.0. The van der Waals surface area contributed by atoms with Gasteiger partial charge in [-0.15, -0.1) is 0 Å². The number of aromatic amines is 1. The maximum atomic E-state index is 12.1. The zero-order valence-corrected chi connectivity index (χ0v) is 13.8. The fraction of sp³-hybridized carbons (Fsp3) is 0.375. The summed E-state index contributed by atoms with van der Waals surface area (Å²) >= 11 is 6.03. The molecule has 0 amide bonds. The van der Waals surface area contributed by atoms with E-state index in [-0.39, 0.29) is 16.3 Å². The quantitative estimate of drug-likeness (QED) is 0.897. The highest BCUT2D eigenvalue weighted by atomic mass is 35.5. The first-order valence-corrected chi connectivity index (χ1v) is 7.72. The van der Waals surface area contributed by atoms with Gasteiger partial charge in [0.05, 0.1) is 23.4 Å². The highest BCUT2D eigenvalue weighted by molar-refractivity contribution is 6.32. The number of hydrogen-bond acceptors (Lipinski definition) is 5. The number of aromatic nitrogens is 2. The lowest BCUT2D eigenvalue weighted by molar-refractivity contribution is 0.241. The van der Waals surface area contributed by atoms with Crippen LogP contribution in [-0.2, 0) is 19.5 Å². The van der Waals surface area contributed by atoms with Crippen LogP contribution in [0.3, 0.4) is 0 Å². The molecule has 0 saturated carbocycles. The number of fused-ring (bicyclic) bond motifs is 1. The van der Waals surface area contributed by atoms with Gasteiger partial charge in [0.1, 0.15) is 5.82 Å². The molecule has 23 heavy (non-hydrogen) atoms. The summed E-state index contributed by atoms with van der Waals surface area (Å²) in [7, 11) is 1.49. The molecule has 7 heteroatoms. The summed E-state index contributed by atoms with van der Waals surface area (Å²) < 4.78 is 5.13. The molecule has 0 saturated heterocycles. The number of H-pyrrole nitrogens is 1. The molecule has 0 fully saturated rings. The Kier molecular flexibility index (Phi) is 4.28. The van der Waals surface area contributed by atoms with Gasteiger partial charge in [0.15, 0.2) is 11.5 Å². The summed E-state index contributed by atoms with van der Waals surface area (Å²) in [6, 6.07) is 3.47. The van der Waals surface area contributed by atoms with E-state index in [2.05, 4.69) is 14.9 Å². The Labute approximate surface area is 138 Å². The van der Waals surface area contributed by atoms with Crippen LogP contribution in [-0.4, -0.2) is 33.6 Å². The average Bonchev–Trinajstić information content (AvgIpc) is 2.51. The number of phenols is 1. The fourth-order valence-corrected chi connectivity index (χ4v) is 3.11. The number of phenolic OH excluding ortho intramolecular Hbond substituents is 1. The monoisotopic (exact) mass is 335 g/mol. The number of ether oxygens (including phenoxy) is 1. The Balaban J connectivity index is 1.83. The van der Waals surface area contributed by atoms with Gasteiger partial charge in [0, 0.05) is 26.1 Å². The lowest BCUT2D eigenvalue weighted by Crippen LogP contribution is -2.35. The first-order chi connectivity index (χ1) is 11.0. The number of nitrogens with one attached hydrogen (secondary N) is 1. The minimum atomic E-state index is -0.0708. The third-order valence-corrected chi connectivity index (χ3v) is 4.27. The van der Waals surface area contributed by atoms with Gasteiger partial charge in [0.25, 0.3) is 5.56 Å². The number of rotatable bonds is 3.